The standard InChI is InChI=1S/C28H21Cl5N2O2/c1-2-35-8-7-16-9-15(3-6-23(16)35)10-24(36)21-14-20(4-5-22(21)31)34-27(37)26-25(28(26,32)33)17-11-18(29)13-19(30)12-17/h3-9,11-14,25-26H,2,10H2,1H3,(H,34,37). The maximum Gasteiger partial charge on any atom is 0.231 e. The van der Waals surface area contributed by atoms with Crippen molar-refractivity contribution < 1.29 is 9.59 Å². The Morgan fingerprint density at radius 3 is 2.38 bits per heavy atom. The fourth-order valence-electron chi connectivity index (χ4n) is 4.78. The Labute approximate surface area is 239 Å². The lowest BCUT2D eigenvalue weighted by atomic mass is 10.0. The van der Waals surface area contributed by atoms with E-state index in [2.05, 4.69) is 16.8 Å². The first-order valence-electron chi connectivity index (χ1n) is 11.6. The van der Waals surface area contributed by atoms with E-state index in [1.165, 1.54) is 0 Å². The van der Waals surface area contributed by atoms with Crippen LogP contribution in [0.5, 0.6) is 0 Å². The van der Waals surface area contributed by atoms with E-state index in [0.717, 1.165) is 23.0 Å². The molecule has 9 heteroatoms. The molecule has 2 atom stereocenters. The van der Waals surface area contributed by atoms with E-state index < -0.39 is 16.2 Å². The van der Waals surface area contributed by atoms with Crippen LogP contribution in [0.4, 0.5) is 5.69 Å². The Hall–Kier alpha value is -2.21. The highest BCUT2D eigenvalue weighted by Gasteiger charge is 2.67. The Morgan fingerprint density at radius 1 is 0.946 bits per heavy atom. The maximum absolute atomic E-state index is 13.2. The third-order valence-corrected chi connectivity index (χ3v) is 8.36. The number of halogens is 5. The summed E-state index contributed by atoms with van der Waals surface area (Å²) in [5, 5.41) is 5.07. The summed E-state index contributed by atoms with van der Waals surface area (Å²) in [6, 6.07) is 17.8. The molecule has 2 unspecified atom stereocenters. The van der Waals surface area contributed by atoms with Gasteiger partial charge in [-0.15, -0.1) is 23.2 Å². The van der Waals surface area contributed by atoms with Crippen LogP contribution in [-0.4, -0.2) is 20.6 Å². The lowest BCUT2D eigenvalue weighted by Crippen LogP contribution is -2.17. The van der Waals surface area contributed by atoms with E-state index in [0.29, 0.717) is 31.9 Å². The Kier molecular flexibility index (Phi) is 7.25. The summed E-state index contributed by atoms with van der Waals surface area (Å²) in [6.45, 7) is 2.96. The number of amides is 1. The lowest BCUT2D eigenvalue weighted by molar-refractivity contribution is -0.117. The van der Waals surface area contributed by atoms with Crippen LogP contribution < -0.4 is 5.32 Å². The van der Waals surface area contributed by atoms with Gasteiger partial charge in [0.25, 0.3) is 0 Å². The number of rotatable bonds is 7. The zero-order chi connectivity index (χ0) is 26.5. The molecule has 3 aromatic carbocycles. The highest BCUT2D eigenvalue weighted by atomic mass is 35.5. The molecule has 1 aromatic heterocycles. The molecule has 1 amide bonds. The van der Waals surface area contributed by atoms with Gasteiger partial charge >= 0.3 is 0 Å². The number of ketones is 1. The molecule has 4 aromatic rings. The van der Waals surface area contributed by atoms with Gasteiger partial charge in [-0.25, -0.2) is 0 Å². The topological polar surface area (TPSA) is 51.1 Å². The molecule has 1 heterocycles. The molecule has 190 valence electrons. The molecule has 1 saturated carbocycles. The average molecular weight is 595 g/mol. The largest absolute Gasteiger partial charge is 0.348 e. The van der Waals surface area contributed by atoms with Gasteiger partial charge < -0.3 is 9.88 Å². The zero-order valence-electron chi connectivity index (χ0n) is 19.6. The van der Waals surface area contributed by atoms with Crippen LogP contribution in [0, 0.1) is 5.92 Å². The normalized spacial score (nSPS) is 18.1. The third-order valence-electron chi connectivity index (χ3n) is 6.66. The van der Waals surface area contributed by atoms with Gasteiger partial charge in [-0.05, 0) is 78.0 Å². The van der Waals surface area contributed by atoms with Crippen LogP contribution in [0.15, 0.2) is 66.9 Å². The molecular formula is C28H21Cl5N2O2. The van der Waals surface area contributed by atoms with Crippen molar-refractivity contribution >= 4 is 86.3 Å². The first-order chi connectivity index (χ1) is 17.6. The molecule has 37 heavy (non-hydrogen) atoms. The minimum absolute atomic E-state index is 0.155. The van der Waals surface area contributed by atoms with E-state index in [9.17, 15) is 9.59 Å². The second-order valence-electron chi connectivity index (χ2n) is 9.11. The molecule has 1 aliphatic rings. The van der Waals surface area contributed by atoms with Crippen LogP contribution in [0.25, 0.3) is 10.9 Å². The second kappa shape index (κ2) is 10.2. The van der Waals surface area contributed by atoms with Gasteiger partial charge in [-0.2, -0.15) is 0 Å². The number of fused-ring (bicyclic) bond motifs is 1. The summed E-state index contributed by atoms with van der Waals surface area (Å²) in [4.78, 5) is 26.2. The number of hydrogen-bond acceptors (Lipinski definition) is 2. The van der Waals surface area contributed by atoms with Crippen molar-refractivity contribution in [1.29, 1.82) is 0 Å². The number of nitrogens with one attached hydrogen (secondary N) is 1. The number of alkyl halides is 2. The molecule has 1 fully saturated rings. The number of Topliss-reactive ketones (excluding diaryl/α,β-unsaturated/α-hetero) is 1. The van der Waals surface area contributed by atoms with Crippen LogP contribution in [-0.2, 0) is 17.8 Å². The average Bonchev–Trinajstić information content (AvgIpc) is 3.20. The molecule has 0 spiro atoms. The summed E-state index contributed by atoms with van der Waals surface area (Å²) in [5.41, 5.74) is 3.43. The van der Waals surface area contributed by atoms with Crippen LogP contribution in [0.1, 0.15) is 34.3 Å². The van der Waals surface area contributed by atoms with Crippen LogP contribution in [0.2, 0.25) is 15.1 Å². The Morgan fingerprint density at radius 2 is 1.68 bits per heavy atom. The number of aromatic nitrogens is 1. The molecule has 0 bridgehead atoms. The lowest BCUT2D eigenvalue weighted by Gasteiger charge is -2.10. The molecule has 4 nitrogen and oxygen atoms in total. The molecule has 0 radical (unpaired) electrons. The van der Waals surface area contributed by atoms with Gasteiger partial charge in [0.15, 0.2) is 5.78 Å². The predicted octanol–water partition coefficient (Wildman–Crippen LogP) is 8.57. The fourth-order valence-corrected chi connectivity index (χ4v) is 6.37. The number of anilines is 1. The number of carbonyl (C=O) groups excluding carboxylic acids is 2. The SMILES string of the molecule is CCn1ccc2cc(CC(=O)c3cc(NC(=O)C4C(c5cc(Cl)cc(Cl)c5)C4(Cl)Cl)ccc3Cl)ccc21. The molecule has 0 saturated heterocycles. The minimum Gasteiger partial charge on any atom is -0.348 e. The van der Waals surface area contributed by atoms with E-state index in [4.69, 9.17) is 58.0 Å². The summed E-state index contributed by atoms with van der Waals surface area (Å²) < 4.78 is 0.838. The van der Waals surface area contributed by atoms with Gasteiger partial charge in [0.2, 0.25) is 5.91 Å². The molecular weight excluding hydrogens is 574 g/mol. The van der Waals surface area contributed by atoms with Crippen LogP contribution in [0.3, 0.4) is 0 Å². The minimum atomic E-state index is -1.31. The van der Waals surface area contributed by atoms with E-state index in [1.54, 1.807) is 36.4 Å². The van der Waals surface area contributed by atoms with Gasteiger partial charge in [0.1, 0.15) is 4.33 Å². The van der Waals surface area contributed by atoms with Crippen LogP contribution >= 0.6 is 58.0 Å². The fraction of sp³-hybridized carbons (Fsp3) is 0.214. The molecule has 0 aliphatic heterocycles. The van der Waals surface area contributed by atoms with Crippen molar-refractivity contribution in [1.82, 2.24) is 4.57 Å². The molecule has 5 rings (SSSR count). The van der Waals surface area contributed by atoms with Crippen molar-refractivity contribution in [2.24, 2.45) is 5.92 Å². The van der Waals surface area contributed by atoms with Gasteiger partial charge in [0, 0.05) is 51.9 Å². The highest BCUT2D eigenvalue weighted by Crippen LogP contribution is 2.65. The number of nitrogens with zero attached hydrogens (tertiary/aromatic N) is 1. The highest BCUT2D eigenvalue weighted by molar-refractivity contribution is 6.53. The monoisotopic (exact) mass is 592 g/mol. The van der Waals surface area contributed by atoms with Crippen molar-refractivity contribution in [3.05, 3.63) is 98.6 Å². The number of aryl methyl sites for hydroxylation is 1. The predicted molar refractivity (Wildman–Crippen MR) is 153 cm³/mol. The van der Waals surface area contributed by atoms with E-state index in [-0.39, 0.29) is 18.1 Å². The second-order valence-corrected chi connectivity index (χ2v) is 11.8. The van der Waals surface area contributed by atoms with E-state index in [1.807, 2.05) is 30.5 Å². The Bertz CT molecular complexity index is 1520. The van der Waals surface area contributed by atoms with Gasteiger partial charge in [0.05, 0.1) is 10.9 Å². The van der Waals surface area contributed by atoms with Gasteiger partial charge in [-0.1, -0.05) is 40.9 Å². The summed E-state index contributed by atoms with van der Waals surface area (Å²) in [5.74, 6) is -1.73. The molecule has 1 aliphatic carbocycles. The van der Waals surface area contributed by atoms with Crippen molar-refractivity contribution in [2.75, 3.05) is 5.32 Å². The smallest absolute Gasteiger partial charge is 0.231 e. The third kappa shape index (κ3) is 5.23. The van der Waals surface area contributed by atoms with Gasteiger partial charge in [-0.3, -0.25) is 9.59 Å². The van der Waals surface area contributed by atoms with Crippen molar-refractivity contribution in [3.63, 3.8) is 0 Å². The first kappa shape index (κ1) is 26.4. The molecule has 1 N–H and O–H groups in total. The first-order valence-corrected chi connectivity index (χ1v) is 13.5. The van der Waals surface area contributed by atoms with E-state index >= 15 is 0 Å². The zero-order valence-corrected chi connectivity index (χ0v) is 23.4. The number of benzene rings is 3. The summed E-state index contributed by atoms with van der Waals surface area (Å²) >= 11 is 31.5. The number of carbonyl (C=O) groups is 2. The number of hydrogen-bond donors (Lipinski definition) is 1. The maximum atomic E-state index is 13.2. The quantitative estimate of drug-likeness (QED) is 0.172. The summed E-state index contributed by atoms with van der Waals surface area (Å²) in [7, 11) is 0. The van der Waals surface area contributed by atoms with Crippen molar-refractivity contribution in [3.8, 4) is 0 Å². The Balaban J connectivity index is 1.32. The van der Waals surface area contributed by atoms with Crippen molar-refractivity contribution in [2.45, 2.75) is 30.1 Å². The summed E-state index contributed by atoms with van der Waals surface area (Å²) in [6.07, 6.45) is 2.21.